The molecule has 2 aromatic carbocycles. The number of hydrogen-bond acceptors (Lipinski definition) is 3. The van der Waals surface area contributed by atoms with Crippen molar-refractivity contribution in [1.82, 2.24) is 5.32 Å². The second-order valence-electron chi connectivity index (χ2n) is 5.71. The molecule has 5 nitrogen and oxygen atoms in total. The summed E-state index contributed by atoms with van der Waals surface area (Å²) in [4.78, 5) is 22.9. The summed E-state index contributed by atoms with van der Waals surface area (Å²) in [5.41, 5.74) is 9.23. The van der Waals surface area contributed by atoms with Gasteiger partial charge in [-0.1, -0.05) is 29.8 Å². The molecular weight excluding hydrogens is 304 g/mol. The Morgan fingerprint density at radius 3 is 2.62 bits per heavy atom. The van der Waals surface area contributed by atoms with Crippen LogP contribution in [0.2, 0.25) is 0 Å². The van der Waals surface area contributed by atoms with Gasteiger partial charge in [-0.15, -0.1) is 0 Å². The van der Waals surface area contributed by atoms with E-state index in [4.69, 9.17) is 10.5 Å². The van der Waals surface area contributed by atoms with Crippen LogP contribution < -0.4 is 15.8 Å². The summed E-state index contributed by atoms with van der Waals surface area (Å²) in [6.45, 7) is 4.57. The first-order valence-electron chi connectivity index (χ1n) is 7.81. The van der Waals surface area contributed by atoms with E-state index < -0.39 is 5.91 Å². The van der Waals surface area contributed by atoms with Crippen LogP contribution in [0.3, 0.4) is 0 Å². The van der Waals surface area contributed by atoms with Crippen LogP contribution >= 0.6 is 0 Å². The van der Waals surface area contributed by atoms with E-state index in [9.17, 15) is 9.59 Å². The zero-order valence-corrected chi connectivity index (χ0v) is 14.0. The fraction of sp³-hybridized carbons (Fsp3) is 0.263. The number of carbonyl (C=O) groups excluding carboxylic acids is 2. The van der Waals surface area contributed by atoms with Crippen LogP contribution in [0.5, 0.6) is 5.75 Å². The first-order chi connectivity index (χ1) is 11.5. The number of ether oxygens (including phenoxy) is 1. The molecule has 0 aliphatic carbocycles. The zero-order chi connectivity index (χ0) is 17.5. The molecule has 126 valence electrons. The highest BCUT2D eigenvalue weighted by Gasteiger charge is 2.06. The molecule has 0 spiro atoms. The molecule has 5 heteroatoms. The monoisotopic (exact) mass is 326 g/mol. The average Bonchev–Trinajstić information content (AvgIpc) is 2.55. The van der Waals surface area contributed by atoms with Gasteiger partial charge >= 0.3 is 0 Å². The third-order valence-electron chi connectivity index (χ3n) is 3.70. The van der Waals surface area contributed by atoms with E-state index in [0.717, 1.165) is 6.42 Å². The molecule has 0 aliphatic rings. The maximum atomic E-state index is 11.8. The molecule has 0 aliphatic heterocycles. The standard InChI is InChI=1S/C19H22N2O3/c1-13-6-7-15(14(2)10-13)8-9-21-18(22)12-24-17-5-3-4-16(11-17)19(20)23/h3-7,10-11H,8-9,12H2,1-2H3,(H2,20,23)(H,21,22). The SMILES string of the molecule is Cc1ccc(CCNC(=O)COc2cccc(C(N)=O)c2)c(C)c1. The molecule has 3 N–H and O–H groups in total. The van der Waals surface area contributed by atoms with Gasteiger partial charge in [0, 0.05) is 12.1 Å². The Hall–Kier alpha value is -2.82. The highest BCUT2D eigenvalue weighted by atomic mass is 16.5. The van der Waals surface area contributed by atoms with E-state index >= 15 is 0 Å². The van der Waals surface area contributed by atoms with E-state index in [2.05, 4.69) is 37.4 Å². The lowest BCUT2D eigenvalue weighted by atomic mass is 10.0. The van der Waals surface area contributed by atoms with Crippen molar-refractivity contribution in [2.45, 2.75) is 20.3 Å². The van der Waals surface area contributed by atoms with Gasteiger partial charge in [0.1, 0.15) is 5.75 Å². The topological polar surface area (TPSA) is 81.4 Å². The Labute approximate surface area is 141 Å². The fourth-order valence-electron chi connectivity index (χ4n) is 2.40. The summed E-state index contributed by atoms with van der Waals surface area (Å²) < 4.78 is 5.38. The number of primary amides is 1. The number of benzene rings is 2. The van der Waals surface area contributed by atoms with Gasteiger partial charge in [0.05, 0.1) is 0 Å². The maximum Gasteiger partial charge on any atom is 0.257 e. The van der Waals surface area contributed by atoms with Gasteiger partial charge in [-0.2, -0.15) is 0 Å². The van der Waals surface area contributed by atoms with Crippen molar-refractivity contribution in [1.29, 1.82) is 0 Å². The molecule has 0 bridgehead atoms. The number of amides is 2. The molecule has 24 heavy (non-hydrogen) atoms. The Bertz CT molecular complexity index is 741. The Morgan fingerprint density at radius 1 is 1.12 bits per heavy atom. The summed E-state index contributed by atoms with van der Waals surface area (Å²) in [6, 6.07) is 12.7. The lowest BCUT2D eigenvalue weighted by molar-refractivity contribution is -0.123. The van der Waals surface area contributed by atoms with E-state index in [-0.39, 0.29) is 12.5 Å². The number of hydrogen-bond donors (Lipinski definition) is 2. The number of nitrogens with one attached hydrogen (secondary N) is 1. The third-order valence-corrected chi connectivity index (χ3v) is 3.70. The highest BCUT2D eigenvalue weighted by Crippen LogP contribution is 2.13. The summed E-state index contributed by atoms with van der Waals surface area (Å²) in [5.74, 6) is -0.293. The minimum Gasteiger partial charge on any atom is -0.484 e. The molecule has 0 saturated heterocycles. The normalized spacial score (nSPS) is 10.2. The van der Waals surface area contributed by atoms with Gasteiger partial charge < -0.3 is 15.8 Å². The molecule has 0 aromatic heterocycles. The van der Waals surface area contributed by atoms with Gasteiger partial charge in [-0.05, 0) is 49.6 Å². The van der Waals surface area contributed by atoms with Crippen molar-refractivity contribution in [2.75, 3.05) is 13.2 Å². The van der Waals surface area contributed by atoms with E-state index in [1.807, 2.05) is 0 Å². The predicted molar refractivity (Wildman–Crippen MR) is 93.1 cm³/mol. The van der Waals surface area contributed by atoms with Crippen LogP contribution in [0.25, 0.3) is 0 Å². The van der Waals surface area contributed by atoms with Gasteiger partial charge in [0.25, 0.3) is 5.91 Å². The molecule has 2 rings (SSSR count). The second-order valence-corrected chi connectivity index (χ2v) is 5.71. The van der Waals surface area contributed by atoms with E-state index in [0.29, 0.717) is 17.9 Å². The van der Waals surface area contributed by atoms with Gasteiger partial charge in [-0.3, -0.25) is 9.59 Å². The molecule has 0 saturated carbocycles. The van der Waals surface area contributed by atoms with Crippen LogP contribution in [-0.2, 0) is 11.2 Å². The van der Waals surface area contributed by atoms with Crippen LogP contribution in [0.1, 0.15) is 27.0 Å². The molecule has 2 amide bonds. The van der Waals surface area contributed by atoms with Crippen molar-refractivity contribution in [3.63, 3.8) is 0 Å². The van der Waals surface area contributed by atoms with Gasteiger partial charge in [0.15, 0.2) is 6.61 Å². The summed E-state index contributed by atoms with van der Waals surface area (Å²) in [5, 5.41) is 2.83. The largest absolute Gasteiger partial charge is 0.484 e. The summed E-state index contributed by atoms with van der Waals surface area (Å²) >= 11 is 0. The van der Waals surface area contributed by atoms with Gasteiger partial charge in [-0.25, -0.2) is 0 Å². The van der Waals surface area contributed by atoms with Crippen LogP contribution in [0.15, 0.2) is 42.5 Å². The lowest BCUT2D eigenvalue weighted by Crippen LogP contribution is -2.30. The number of nitrogens with two attached hydrogens (primary N) is 1. The molecule has 0 unspecified atom stereocenters. The minimum atomic E-state index is -0.529. The number of rotatable bonds is 7. The smallest absolute Gasteiger partial charge is 0.257 e. The lowest BCUT2D eigenvalue weighted by Gasteiger charge is -2.10. The quantitative estimate of drug-likeness (QED) is 0.818. The predicted octanol–water partition coefficient (Wildman–Crippen LogP) is 2.14. The Balaban J connectivity index is 1.77. The van der Waals surface area contributed by atoms with E-state index in [1.54, 1.807) is 18.2 Å². The molecule has 0 heterocycles. The van der Waals surface area contributed by atoms with Crippen molar-refractivity contribution < 1.29 is 14.3 Å². The first kappa shape index (κ1) is 17.5. The third kappa shape index (κ3) is 5.12. The number of carbonyl (C=O) groups is 2. The average molecular weight is 326 g/mol. The molecular formula is C19H22N2O3. The zero-order valence-electron chi connectivity index (χ0n) is 14.0. The van der Waals surface area contributed by atoms with Crippen molar-refractivity contribution in [3.8, 4) is 5.75 Å². The van der Waals surface area contributed by atoms with E-state index in [1.165, 1.54) is 22.8 Å². The van der Waals surface area contributed by atoms with Crippen molar-refractivity contribution >= 4 is 11.8 Å². The van der Waals surface area contributed by atoms with Crippen molar-refractivity contribution in [3.05, 3.63) is 64.7 Å². The van der Waals surface area contributed by atoms with Crippen LogP contribution in [0, 0.1) is 13.8 Å². The molecule has 0 radical (unpaired) electrons. The Morgan fingerprint density at radius 2 is 1.92 bits per heavy atom. The molecule has 0 fully saturated rings. The van der Waals surface area contributed by atoms with Crippen LogP contribution in [-0.4, -0.2) is 25.0 Å². The highest BCUT2D eigenvalue weighted by molar-refractivity contribution is 5.93. The summed E-state index contributed by atoms with van der Waals surface area (Å²) in [7, 11) is 0. The summed E-state index contributed by atoms with van der Waals surface area (Å²) in [6.07, 6.45) is 0.773. The minimum absolute atomic E-state index is 0.102. The Kier molecular flexibility index (Phi) is 5.95. The van der Waals surface area contributed by atoms with Crippen molar-refractivity contribution in [2.24, 2.45) is 5.73 Å². The van der Waals surface area contributed by atoms with Crippen LogP contribution in [0.4, 0.5) is 0 Å². The maximum absolute atomic E-state index is 11.8. The number of aryl methyl sites for hydroxylation is 2. The molecule has 0 atom stereocenters. The van der Waals surface area contributed by atoms with Gasteiger partial charge in [0.2, 0.25) is 5.91 Å². The molecule has 2 aromatic rings. The fourth-order valence-corrected chi connectivity index (χ4v) is 2.40. The second kappa shape index (κ2) is 8.15. The first-order valence-corrected chi connectivity index (χ1v) is 7.81.